The van der Waals surface area contributed by atoms with E-state index in [9.17, 15) is 9.59 Å². The Hall–Kier alpha value is -1.94. The zero-order valence-corrected chi connectivity index (χ0v) is 20.1. The lowest BCUT2D eigenvalue weighted by molar-refractivity contribution is -0.149. The van der Waals surface area contributed by atoms with Crippen molar-refractivity contribution in [3.63, 3.8) is 0 Å². The summed E-state index contributed by atoms with van der Waals surface area (Å²) in [6, 6.07) is 9.15. The zero-order valence-electron chi connectivity index (χ0n) is 19.1. The third-order valence-electron chi connectivity index (χ3n) is 5.09. The highest BCUT2D eigenvalue weighted by Crippen LogP contribution is 2.20. The Labute approximate surface area is 186 Å². The second kappa shape index (κ2) is 12.2. The van der Waals surface area contributed by atoms with Crippen LogP contribution in [0.2, 0.25) is 19.6 Å². The van der Waals surface area contributed by atoms with Gasteiger partial charge in [0.1, 0.15) is 20.1 Å². The molecule has 1 aromatic carbocycles. The van der Waals surface area contributed by atoms with E-state index in [0.717, 1.165) is 5.56 Å². The molecule has 0 aromatic heterocycles. The fourth-order valence-corrected chi connectivity index (χ4v) is 4.70. The van der Waals surface area contributed by atoms with Crippen LogP contribution in [0.15, 0.2) is 30.3 Å². The van der Waals surface area contributed by atoms with Crippen LogP contribution < -0.4 is 10.7 Å². The van der Waals surface area contributed by atoms with Gasteiger partial charge in [-0.15, -0.1) is 0 Å². The molecule has 174 valence electrons. The summed E-state index contributed by atoms with van der Waals surface area (Å²) < 4.78 is 12.4. The number of urea groups is 1. The predicted molar refractivity (Wildman–Crippen MR) is 122 cm³/mol. The lowest BCUT2D eigenvalue weighted by Gasteiger charge is -2.35. The molecule has 0 spiro atoms. The number of benzene rings is 1. The molecule has 0 bridgehead atoms. The van der Waals surface area contributed by atoms with Crippen LogP contribution in [0, 0.1) is 0 Å². The maximum atomic E-state index is 12.7. The van der Waals surface area contributed by atoms with Crippen molar-refractivity contribution in [1.29, 1.82) is 0 Å². The minimum Gasteiger partial charge on any atom is -0.396 e. The summed E-state index contributed by atoms with van der Waals surface area (Å²) >= 11 is 0. The van der Waals surface area contributed by atoms with E-state index >= 15 is 0 Å². The molecule has 9 heteroatoms. The number of rotatable bonds is 11. The second-order valence-corrected chi connectivity index (χ2v) is 14.1. The fraction of sp³-hybridized carbons (Fsp3) is 0.636. The van der Waals surface area contributed by atoms with Crippen LogP contribution in [0.4, 0.5) is 4.79 Å². The van der Waals surface area contributed by atoms with Gasteiger partial charge in [0.15, 0.2) is 0 Å². The van der Waals surface area contributed by atoms with Crippen LogP contribution in [0.3, 0.4) is 0 Å². The molecule has 3 amide bonds. The molecule has 1 unspecified atom stereocenters. The average Bonchev–Trinajstić information content (AvgIpc) is 2.86. The lowest BCUT2D eigenvalue weighted by atomic mass is 10.0. The molecule has 3 atom stereocenters. The Kier molecular flexibility index (Phi) is 9.95. The number of amides is 3. The minimum atomic E-state index is -1.83. The Morgan fingerprint density at radius 3 is 2.58 bits per heavy atom. The number of ether oxygens (including phenoxy) is 2. The number of carbonyl (C=O) groups excluding carboxylic acids is 2. The van der Waals surface area contributed by atoms with Crippen molar-refractivity contribution < 1.29 is 24.2 Å². The highest BCUT2D eigenvalue weighted by atomic mass is 28.3. The lowest BCUT2D eigenvalue weighted by Crippen LogP contribution is -2.52. The number of nitrogens with one attached hydrogen (secondary N) is 2. The summed E-state index contributed by atoms with van der Waals surface area (Å²) in [5.41, 5.74) is 3.73. The first-order chi connectivity index (χ1) is 14.7. The van der Waals surface area contributed by atoms with E-state index in [0.29, 0.717) is 25.9 Å². The molecule has 0 saturated carbocycles. The number of aliphatic hydroxyl groups is 1. The Morgan fingerprint density at radius 2 is 1.97 bits per heavy atom. The molecule has 1 saturated heterocycles. The van der Waals surface area contributed by atoms with E-state index in [1.165, 1.54) is 5.01 Å². The van der Waals surface area contributed by atoms with E-state index < -0.39 is 20.2 Å². The van der Waals surface area contributed by atoms with Crippen molar-refractivity contribution in [2.45, 2.75) is 70.3 Å². The molecular formula is C22H37N3O5Si. The van der Waals surface area contributed by atoms with Gasteiger partial charge in [0.2, 0.25) is 5.91 Å². The third kappa shape index (κ3) is 8.25. The molecule has 1 aliphatic heterocycles. The van der Waals surface area contributed by atoms with Gasteiger partial charge in [-0.2, -0.15) is 0 Å². The van der Waals surface area contributed by atoms with Crippen LogP contribution in [0.25, 0.3) is 0 Å². The Morgan fingerprint density at radius 1 is 1.26 bits per heavy atom. The van der Waals surface area contributed by atoms with E-state index in [4.69, 9.17) is 14.6 Å². The van der Waals surface area contributed by atoms with Crippen molar-refractivity contribution in [1.82, 2.24) is 15.8 Å². The largest absolute Gasteiger partial charge is 0.396 e. The molecule has 0 aliphatic carbocycles. The topological polar surface area (TPSA) is 100 Å². The average molecular weight is 452 g/mol. The molecular weight excluding hydrogens is 414 g/mol. The maximum absolute atomic E-state index is 12.7. The molecule has 1 heterocycles. The number of unbranched alkanes of at least 4 members (excludes halogenated alkanes) is 1. The summed E-state index contributed by atoms with van der Waals surface area (Å²) in [6.45, 7) is 9.24. The summed E-state index contributed by atoms with van der Waals surface area (Å²) in [5.74, 6) is -0.555. The van der Waals surface area contributed by atoms with Gasteiger partial charge in [-0.05, 0) is 31.7 Å². The Bertz CT molecular complexity index is 698. The van der Waals surface area contributed by atoms with Crippen LogP contribution in [-0.2, 0) is 20.7 Å². The highest BCUT2D eigenvalue weighted by Gasteiger charge is 2.38. The van der Waals surface area contributed by atoms with Gasteiger partial charge in [-0.25, -0.2) is 15.2 Å². The molecule has 1 aromatic rings. The first-order valence-electron chi connectivity index (χ1n) is 11.0. The number of hydrogen-bond donors (Lipinski definition) is 3. The van der Waals surface area contributed by atoms with Gasteiger partial charge in [0.25, 0.3) is 0 Å². The summed E-state index contributed by atoms with van der Waals surface area (Å²) in [4.78, 5) is 25.3. The number of nitrogens with zero attached hydrogens (tertiary/aromatic N) is 1. The van der Waals surface area contributed by atoms with E-state index in [2.05, 4.69) is 30.4 Å². The van der Waals surface area contributed by atoms with Gasteiger partial charge in [0.05, 0.1) is 12.6 Å². The zero-order chi connectivity index (χ0) is 22.9. The van der Waals surface area contributed by atoms with Gasteiger partial charge in [0, 0.05) is 19.6 Å². The van der Waals surface area contributed by atoms with Crippen molar-refractivity contribution in [2.75, 3.05) is 19.8 Å². The molecule has 1 aliphatic rings. The number of hydrogen-bond acceptors (Lipinski definition) is 5. The number of aliphatic hydroxyl groups excluding tert-OH is 1. The fourth-order valence-electron chi connectivity index (χ4n) is 3.45. The van der Waals surface area contributed by atoms with Crippen molar-refractivity contribution >= 4 is 20.0 Å². The first kappa shape index (κ1) is 25.3. The first-order valence-corrected chi connectivity index (χ1v) is 14.6. The van der Waals surface area contributed by atoms with Crippen LogP contribution in [0.1, 0.15) is 31.7 Å². The Balaban J connectivity index is 2.25. The van der Waals surface area contributed by atoms with E-state index in [-0.39, 0.29) is 37.4 Å². The normalized spacial score (nSPS) is 20.5. The number of carbonyl (C=O) groups is 2. The monoisotopic (exact) mass is 451 g/mol. The predicted octanol–water partition coefficient (Wildman–Crippen LogP) is 2.44. The molecule has 8 nitrogen and oxygen atoms in total. The van der Waals surface area contributed by atoms with Crippen molar-refractivity contribution in [3.05, 3.63) is 35.9 Å². The summed E-state index contributed by atoms with van der Waals surface area (Å²) in [6.07, 6.45) is 1.49. The maximum Gasteiger partial charge on any atom is 0.333 e. The standard InChI is InChI=1S/C22H37N3O5Si/c1-5-29-22(31(2,3)4)30-19-16-25(20(27)13-9-10-14-26)24-21(28)23-18(19)15-17-11-7-6-8-12-17/h6-8,11-12,18-19,22,26H,5,9-10,13-16H2,1-4H3,(H2,23,24,28)/t18-,19-,22?/m1/s1. The van der Waals surface area contributed by atoms with Gasteiger partial charge >= 0.3 is 6.03 Å². The second-order valence-electron chi connectivity index (χ2n) is 8.89. The van der Waals surface area contributed by atoms with Gasteiger partial charge < -0.3 is 19.9 Å². The molecule has 1 fully saturated rings. The summed E-state index contributed by atoms with van der Waals surface area (Å²) in [5, 5.41) is 13.3. The van der Waals surface area contributed by atoms with Gasteiger partial charge in [-0.1, -0.05) is 50.0 Å². The molecule has 2 rings (SSSR count). The molecule has 31 heavy (non-hydrogen) atoms. The SMILES string of the molecule is CCOC(O[C@@H]1CN(C(=O)CCCCO)NC(=O)N[C@@H]1Cc1ccccc1)[Si](C)(C)C. The van der Waals surface area contributed by atoms with E-state index in [1.807, 2.05) is 37.3 Å². The molecule has 0 radical (unpaired) electrons. The highest BCUT2D eigenvalue weighted by molar-refractivity contribution is 6.77. The van der Waals surface area contributed by atoms with Gasteiger partial charge in [-0.3, -0.25) is 4.79 Å². The summed E-state index contributed by atoms with van der Waals surface area (Å²) in [7, 11) is -1.83. The molecule has 3 N–H and O–H groups in total. The van der Waals surface area contributed by atoms with Crippen LogP contribution in [-0.4, -0.2) is 67.9 Å². The van der Waals surface area contributed by atoms with Crippen molar-refractivity contribution in [3.8, 4) is 0 Å². The quantitative estimate of drug-likeness (QED) is 0.273. The van der Waals surface area contributed by atoms with E-state index in [1.54, 1.807) is 0 Å². The smallest absolute Gasteiger partial charge is 0.333 e. The van der Waals surface area contributed by atoms with Crippen LogP contribution >= 0.6 is 0 Å². The van der Waals surface area contributed by atoms with Crippen molar-refractivity contribution in [2.24, 2.45) is 0 Å². The minimum absolute atomic E-state index is 0.0400. The van der Waals surface area contributed by atoms with Crippen LogP contribution in [0.5, 0.6) is 0 Å². The third-order valence-corrected chi connectivity index (χ3v) is 6.80. The number of hydrazine groups is 1.